The van der Waals surface area contributed by atoms with E-state index in [4.69, 9.17) is 0 Å². The Balaban J connectivity index is 1.53. The standard InChI is InChI=1S/C25H22F2N2O2/c26-22-9-7-18(8-10-22)19-4-1-3-17(13-19)14-21-16-29(12-11-28-24(21)30)25(31)20-5-2-6-23(27)15-20/h1-10,13,15,21H,11-12,14,16H2,(H,28,30)/t21-/m1/s1. The van der Waals surface area contributed by atoms with Crippen molar-refractivity contribution < 1.29 is 18.4 Å². The lowest BCUT2D eigenvalue weighted by atomic mass is 9.95. The van der Waals surface area contributed by atoms with Gasteiger partial charge in [-0.25, -0.2) is 8.78 Å². The van der Waals surface area contributed by atoms with Crippen LogP contribution in [0.1, 0.15) is 15.9 Å². The molecule has 0 saturated carbocycles. The molecule has 0 spiro atoms. The summed E-state index contributed by atoms with van der Waals surface area (Å²) in [4.78, 5) is 27.1. The highest BCUT2D eigenvalue weighted by atomic mass is 19.1. The van der Waals surface area contributed by atoms with E-state index in [-0.39, 0.29) is 29.7 Å². The van der Waals surface area contributed by atoms with Gasteiger partial charge in [-0.2, -0.15) is 0 Å². The predicted molar refractivity (Wildman–Crippen MR) is 114 cm³/mol. The highest BCUT2D eigenvalue weighted by molar-refractivity contribution is 5.95. The van der Waals surface area contributed by atoms with Gasteiger partial charge in [0.1, 0.15) is 11.6 Å². The van der Waals surface area contributed by atoms with Crippen molar-refractivity contribution in [1.82, 2.24) is 10.2 Å². The Morgan fingerprint density at radius 1 is 0.935 bits per heavy atom. The summed E-state index contributed by atoms with van der Waals surface area (Å²) in [6, 6.07) is 19.6. The molecular weight excluding hydrogens is 398 g/mol. The molecule has 1 aliphatic heterocycles. The van der Waals surface area contributed by atoms with Gasteiger partial charge >= 0.3 is 0 Å². The van der Waals surface area contributed by atoms with Crippen molar-refractivity contribution in [3.63, 3.8) is 0 Å². The number of carbonyl (C=O) groups excluding carboxylic acids is 2. The number of nitrogens with zero attached hydrogens (tertiary/aromatic N) is 1. The third-order valence-corrected chi connectivity index (χ3v) is 5.44. The molecule has 31 heavy (non-hydrogen) atoms. The number of halogens is 2. The van der Waals surface area contributed by atoms with E-state index in [1.165, 1.54) is 30.3 Å². The van der Waals surface area contributed by atoms with E-state index in [1.54, 1.807) is 23.1 Å². The van der Waals surface area contributed by atoms with Crippen LogP contribution in [0.4, 0.5) is 8.78 Å². The monoisotopic (exact) mass is 420 g/mol. The van der Waals surface area contributed by atoms with Gasteiger partial charge in [0, 0.05) is 25.2 Å². The van der Waals surface area contributed by atoms with Gasteiger partial charge in [-0.1, -0.05) is 42.5 Å². The number of nitrogens with one attached hydrogen (secondary N) is 1. The third-order valence-electron chi connectivity index (χ3n) is 5.44. The molecule has 1 atom stereocenters. The van der Waals surface area contributed by atoms with Crippen molar-refractivity contribution in [1.29, 1.82) is 0 Å². The van der Waals surface area contributed by atoms with Gasteiger partial charge in [0.25, 0.3) is 5.91 Å². The zero-order chi connectivity index (χ0) is 21.8. The van der Waals surface area contributed by atoms with Crippen molar-refractivity contribution in [2.75, 3.05) is 19.6 Å². The van der Waals surface area contributed by atoms with Gasteiger partial charge in [0.2, 0.25) is 5.91 Å². The number of carbonyl (C=O) groups is 2. The second kappa shape index (κ2) is 9.08. The quantitative estimate of drug-likeness (QED) is 0.692. The van der Waals surface area contributed by atoms with Crippen LogP contribution >= 0.6 is 0 Å². The summed E-state index contributed by atoms with van der Waals surface area (Å²) < 4.78 is 26.8. The molecule has 2 amide bonds. The number of rotatable bonds is 4. The van der Waals surface area contributed by atoms with E-state index in [2.05, 4.69) is 5.32 Å². The largest absolute Gasteiger partial charge is 0.354 e. The smallest absolute Gasteiger partial charge is 0.254 e. The molecule has 0 bridgehead atoms. The molecule has 1 N–H and O–H groups in total. The van der Waals surface area contributed by atoms with Gasteiger partial charge in [0.15, 0.2) is 0 Å². The Morgan fingerprint density at radius 2 is 1.71 bits per heavy atom. The highest BCUT2D eigenvalue weighted by Gasteiger charge is 2.28. The summed E-state index contributed by atoms with van der Waals surface area (Å²) in [6.45, 7) is 0.973. The maximum absolute atomic E-state index is 13.5. The summed E-state index contributed by atoms with van der Waals surface area (Å²) in [7, 11) is 0. The molecule has 1 saturated heterocycles. The Kier molecular flexibility index (Phi) is 6.07. The maximum atomic E-state index is 13.5. The van der Waals surface area contributed by atoms with Crippen LogP contribution in [-0.2, 0) is 11.2 Å². The summed E-state index contributed by atoms with van der Waals surface area (Å²) in [5, 5.41) is 2.87. The molecule has 1 heterocycles. The third kappa shape index (κ3) is 4.97. The molecular formula is C25H22F2N2O2. The van der Waals surface area contributed by atoms with Crippen LogP contribution in [0, 0.1) is 17.6 Å². The number of amides is 2. The minimum absolute atomic E-state index is 0.110. The molecule has 3 aromatic carbocycles. The van der Waals surface area contributed by atoms with Gasteiger partial charge in [0.05, 0.1) is 5.92 Å². The zero-order valence-electron chi connectivity index (χ0n) is 16.9. The SMILES string of the molecule is O=C1NCCN(C(=O)c2cccc(F)c2)C[C@H]1Cc1cccc(-c2ccc(F)cc2)c1. The fourth-order valence-corrected chi connectivity index (χ4v) is 3.85. The van der Waals surface area contributed by atoms with E-state index < -0.39 is 11.7 Å². The molecule has 0 aromatic heterocycles. The lowest BCUT2D eigenvalue weighted by molar-refractivity contribution is -0.124. The molecule has 0 aliphatic carbocycles. The van der Waals surface area contributed by atoms with E-state index >= 15 is 0 Å². The van der Waals surface area contributed by atoms with Gasteiger partial charge < -0.3 is 10.2 Å². The van der Waals surface area contributed by atoms with E-state index in [0.717, 1.165) is 16.7 Å². The molecule has 4 rings (SSSR count). The minimum atomic E-state index is -0.468. The van der Waals surface area contributed by atoms with Crippen LogP contribution in [0.15, 0.2) is 72.8 Å². The van der Waals surface area contributed by atoms with Crippen molar-refractivity contribution in [3.05, 3.63) is 95.6 Å². The Labute approximate surface area is 179 Å². The van der Waals surface area contributed by atoms with Crippen molar-refractivity contribution in [2.45, 2.75) is 6.42 Å². The van der Waals surface area contributed by atoms with Crippen LogP contribution in [0.3, 0.4) is 0 Å². The average molecular weight is 420 g/mol. The second-order valence-corrected chi connectivity index (χ2v) is 7.66. The number of benzene rings is 3. The minimum Gasteiger partial charge on any atom is -0.354 e. The number of hydrogen-bond acceptors (Lipinski definition) is 2. The van der Waals surface area contributed by atoms with Gasteiger partial charge in [-0.3, -0.25) is 9.59 Å². The first-order valence-electron chi connectivity index (χ1n) is 10.2. The maximum Gasteiger partial charge on any atom is 0.254 e. The summed E-state index contributed by atoms with van der Waals surface area (Å²) >= 11 is 0. The summed E-state index contributed by atoms with van der Waals surface area (Å²) in [5.74, 6) is -1.59. The van der Waals surface area contributed by atoms with E-state index in [1.807, 2.05) is 24.3 Å². The lowest BCUT2D eigenvalue weighted by Gasteiger charge is -2.23. The summed E-state index contributed by atoms with van der Waals surface area (Å²) in [6.07, 6.45) is 0.452. The first kappa shape index (κ1) is 20.7. The first-order valence-corrected chi connectivity index (χ1v) is 10.2. The van der Waals surface area contributed by atoms with Crippen LogP contribution in [0.25, 0.3) is 11.1 Å². The van der Waals surface area contributed by atoms with Crippen molar-refractivity contribution >= 4 is 11.8 Å². The van der Waals surface area contributed by atoms with Crippen molar-refractivity contribution in [2.24, 2.45) is 5.92 Å². The number of hydrogen-bond donors (Lipinski definition) is 1. The van der Waals surface area contributed by atoms with Gasteiger partial charge in [-0.05, 0) is 53.4 Å². The fraction of sp³-hybridized carbons (Fsp3) is 0.200. The zero-order valence-corrected chi connectivity index (χ0v) is 16.9. The van der Waals surface area contributed by atoms with Crippen LogP contribution < -0.4 is 5.32 Å². The molecule has 0 unspecified atom stereocenters. The molecule has 158 valence electrons. The molecule has 4 nitrogen and oxygen atoms in total. The topological polar surface area (TPSA) is 49.4 Å². The van der Waals surface area contributed by atoms with E-state index in [9.17, 15) is 18.4 Å². The Hall–Kier alpha value is -3.54. The van der Waals surface area contributed by atoms with Crippen LogP contribution in [0.5, 0.6) is 0 Å². The average Bonchev–Trinajstić information content (AvgIpc) is 2.95. The molecule has 3 aromatic rings. The summed E-state index contributed by atoms with van der Waals surface area (Å²) in [5.41, 5.74) is 3.03. The molecule has 6 heteroatoms. The molecule has 1 aliphatic rings. The first-order chi connectivity index (χ1) is 15.0. The lowest BCUT2D eigenvalue weighted by Crippen LogP contribution is -2.37. The highest BCUT2D eigenvalue weighted by Crippen LogP contribution is 2.23. The normalized spacial score (nSPS) is 16.5. The Morgan fingerprint density at radius 3 is 2.48 bits per heavy atom. The Bertz CT molecular complexity index is 1100. The predicted octanol–water partition coefficient (Wildman–Crippen LogP) is 4.06. The molecule has 0 radical (unpaired) electrons. The second-order valence-electron chi connectivity index (χ2n) is 7.66. The van der Waals surface area contributed by atoms with Crippen LogP contribution in [0.2, 0.25) is 0 Å². The fourth-order valence-electron chi connectivity index (χ4n) is 3.85. The molecule has 1 fully saturated rings. The van der Waals surface area contributed by atoms with Crippen molar-refractivity contribution in [3.8, 4) is 11.1 Å². The van der Waals surface area contributed by atoms with E-state index in [0.29, 0.717) is 19.5 Å². The van der Waals surface area contributed by atoms with Crippen LogP contribution in [-0.4, -0.2) is 36.3 Å². The van der Waals surface area contributed by atoms with Gasteiger partial charge in [-0.15, -0.1) is 0 Å².